The molecule has 0 saturated carbocycles. The molecule has 31 heavy (non-hydrogen) atoms. The van der Waals surface area contributed by atoms with Crippen molar-refractivity contribution in [3.63, 3.8) is 0 Å². The van der Waals surface area contributed by atoms with Crippen LogP contribution in [0.1, 0.15) is 25.8 Å². The number of halogens is 2. The smallest absolute Gasteiger partial charge is 0.172 e. The van der Waals surface area contributed by atoms with Gasteiger partial charge in [-0.05, 0) is 56.0 Å². The van der Waals surface area contributed by atoms with Crippen molar-refractivity contribution in [1.29, 1.82) is 5.41 Å². The van der Waals surface area contributed by atoms with Crippen LogP contribution in [-0.2, 0) is 0 Å². The van der Waals surface area contributed by atoms with Crippen LogP contribution in [0.5, 0.6) is 0 Å². The first-order chi connectivity index (χ1) is 14.8. The SMILES string of the molecule is CC1(C)CC(CNc2ccc(-c3cn[nH]c3)cc2C=N)CN1.Fc1cccc(S)c1F. The second-order valence-electron chi connectivity index (χ2n) is 8.22. The molecule has 0 aliphatic carbocycles. The lowest BCUT2D eigenvalue weighted by Crippen LogP contribution is -2.31. The summed E-state index contributed by atoms with van der Waals surface area (Å²) in [7, 11) is 0. The van der Waals surface area contributed by atoms with Crippen molar-refractivity contribution >= 4 is 24.5 Å². The van der Waals surface area contributed by atoms with E-state index in [0.717, 1.165) is 41.5 Å². The number of hydrogen-bond acceptors (Lipinski definition) is 5. The van der Waals surface area contributed by atoms with Gasteiger partial charge >= 0.3 is 0 Å². The number of thiol groups is 1. The molecule has 0 spiro atoms. The Balaban J connectivity index is 0.000000254. The molecule has 2 aromatic carbocycles. The second-order valence-corrected chi connectivity index (χ2v) is 8.70. The normalized spacial score (nSPS) is 17.0. The first-order valence-corrected chi connectivity index (χ1v) is 10.5. The highest BCUT2D eigenvalue weighted by molar-refractivity contribution is 7.80. The van der Waals surface area contributed by atoms with Gasteiger partial charge in [-0.25, -0.2) is 8.78 Å². The highest BCUT2D eigenvalue weighted by atomic mass is 32.1. The zero-order chi connectivity index (χ0) is 22.4. The summed E-state index contributed by atoms with van der Waals surface area (Å²) in [5.74, 6) is -1.12. The molecular weight excluding hydrogens is 416 g/mol. The van der Waals surface area contributed by atoms with Crippen LogP contribution in [0.25, 0.3) is 11.1 Å². The maximum atomic E-state index is 12.3. The second kappa shape index (κ2) is 10.1. The average Bonchev–Trinajstić information content (AvgIpc) is 3.40. The van der Waals surface area contributed by atoms with Gasteiger partial charge in [0.1, 0.15) is 0 Å². The zero-order valence-electron chi connectivity index (χ0n) is 17.5. The van der Waals surface area contributed by atoms with E-state index in [4.69, 9.17) is 5.41 Å². The van der Waals surface area contributed by atoms with Gasteiger partial charge < -0.3 is 16.0 Å². The molecule has 8 heteroatoms. The van der Waals surface area contributed by atoms with Crippen LogP contribution in [0.2, 0.25) is 0 Å². The van der Waals surface area contributed by atoms with Gasteiger partial charge in [-0.3, -0.25) is 5.10 Å². The number of anilines is 1. The van der Waals surface area contributed by atoms with Crippen molar-refractivity contribution in [2.75, 3.05) is 18.4 Å². The Labute approximate surface area is 186 Å². The molecule has 0 radical (unpaired) electrons. The fourth-order valence-electron chi connectivity index (χ4n) is 3.61. The molecule has 4 rings (SSSR count). The number of rotatable bonds is 5. The van der Waals surface area contributed by atoms with Crippen molar-refractivity contribution in [2.24, 2.45) is 5.92 Å². The van der Waals surface area contributed by atoms with E-state index in [9.17, 15) is 8.78 Å². The number of aromatic amines is 1. The standard InChI is InChI=1S/C17H23N5.C6H4F2S/c1-17(2)6-12(9-20-17)8-19-16-4-3-13(5-14(16)7-18)15-10-21-22-11-15;7-4-2-1-3-5(9)6(4)8/h3-5,7,10-12,18-20H,6,8-9H2,1-2H3,(H,21,22);1-3,9H. The maximum Gasteiger partial charge on any atom is 0.172 e. The van der Waals surface area contributed by atoms with E-state index in [-0.39, 0.29) is 10.4 Å². The fourth-order valence-corrected chi connectivity index (χ4v) is 3.80. The van der Waals surface area contributed by atoms with Crippen LogP contribution in [0.4, 0.5) is 14.5 Å². The van der Waals surface area contributed by atoms with Crippen molar-refractivity contribution < 1.29 is 8.78 Å². The van der Waals surface area contributed by atoms with Gasteiger partial charge in [-0.2, -0.15) is 5.10 Å². The summed E-state index contributed by atoms with van der Waals surface area (Å²) in [6.45, 7) is 6.47. The average molecular weight is 444 g/mol. The van der Waals surface area contributed by atoms with E-state index in [2.05, 4.69) is 59.4 Å². The zero-order valence-corrected chi connectivity index (χ0v) is 18.4. The van der Waals surface area contributed by atoms with Gasteiger partial charge in [0.15, 0.2) is 11.6 Å². The molecule has 1 atom stereocenters. The third-order valence-corrected chi connectivity index (χ3v) is 5.56. The monoisotopic (exact) mass is 443 g/mol. The lowest BCUT2D eigenvalue weighted by Gasteiger charge is -2.18. The summed E-state index contributed by atoms with van der Waals surface area (Å²) in [5.41, 5.74) is 4.27. The minimum Gasteiger partial charge on any atom is -0.384 e. The van der Waals surface area contributed by atoms with E-state index in [0.29, 0.717) is 5.92 Å². The highest BCUT2D eigenvalue weighted by Gasteiger charge is 2.29. The van der Waals surface area contributed by atoms with E-state index >= 15 is 0 Å². The Kier molecular flexibility index (Phi) is 7.46. The summed E-state index contributed by atoms with van der Waals surface area (Å²) >= 11 is 3.65. The summed E-state index contributed by atoms with van der Waals surface area (Å²) in [6.07, 6.45) is 6.24. The van der Waals surface area contributed by atoms with Gasteiger partial charge in [0.25, 0.3) is 0 Å². The van der Waals surface area contributed by atoms with E-state index < -0.39 is 11.6 Å². The fraction of sp³-hybridized carbons (Fsp3) is 0.304. The topological polar surface area (TPSA) is 76.6 Å². The number of nitrogens with one attached hydrogen (secondary N) is 4. The molecule has 3 aromatic rings. The molecule has 1 aliphatic rings. The molecule has 1 saturated heterocycles. The number of benzene rings is 2. The Morgan fingerprint density at radius 1 is 1.26 bits per heavy atom. The van der Waals surface area contributed by atoms with Gasteiger partial charge in [-0.1, -0.05) is 12.1 Å². The number of nitrogens with zero attached hydrogens (tertiary/aromatic N) is 1. The lowest BCUT2D eigenvalue weighted by atomic mass is 9.97. The Bertz CT molecular complexity index is 1000. The predicted octanol–water partition coefficient (Wildman–Crippen LogP) is 5.13. The van der Waals surface area contributed by atoms with E-state index in [1.807, 2.05) is 12.3 Å². The third kappa shape index (κ3) is 6.15. The Morgan fingerprint density at radius 2 is 2.06 bits per heavy atom. The molecule has 5 nitrogen and oxygen atoms in total. The van der Waals surface area contributed by atoms with Gasteiger partial charge in [-0.15, -0.1) is 12.6 Å². The van der Waals surface area contributed by atoms with E-state index in [1.165, 1.54) is 24.8 Å². The number of H-pyrrole nitrogens is 1. The number of hydrogen-bond donors (Lipinski definition) is 5. The van der Waals surface area contributed by atoms with Gasteiger partial charge in [0.2, 0.25) is 0 Å². The van der Waals surface area contributed by atoms with Crippen molar-refractivity contribution in [3.8, 4) is 11.1 Å². The molecule has 1 fully saturated rings. The van der Waals surface area contributed by atoms with Crippen LogP contribution < -0.4 is 10.6 Å². The minimum atomic E-state index is -0.888. The molecular formula is C23H27F2N5S. The van der Waals surface area contributed by atoms with Crippen LogP contribution in [-0.4, -0.2) is 35.0 Å². The molecule has 1 aliphatic heterocycles. The Morgan fingerprint density at radius 3 is 2.65 bits per heavy atom. The highest BCUT2D eigenvalue weighted by Crippen LogP contribution is 2.26. The van der Waals surface area contributed by atoms with Crippen LogP contribution in [0.3, 0.4) is 0 Å². The molecule has 164 valence electrons. The first kappa shape index (κ1) is 23.0. The quantitative estimate of drug-likeness (QED) is 0.280. The summed E-state index contributed by atoms with van der Waals surface area (Å²) in [5, 5.41) is 21.5. The maximum absolute atomic E-state index is 12.3. The van der Waals surface area contributed by atoms with Crippen LogP contribution in [0, 0.1) is 23.0 Å². The van der Waals surface area contributed by atoms with E-state index in [1.54, 1.807) is 6.20 Å². The van der Waals surface area contributed by atoms with Gasteiger partial charge in [0, 0.05) is 52.7 Å². The van der Waals surface area contributed by atoms with Gasteiger partial charge in [0.05, 0.1) is 6.20 Å². The van der Waals surface area contributed by atoms with Crippen LogP contribution >= 0.6 is 12.6 Å². The van der Waals surface area contributed by atoms with Crippen molar-refractivity contribution in [2.45, 2.75) is 30.7 Å². The molecule has 1 unspecified atom stereocenters. The first-order valence-electron chi connectivity index (χ1n) is 10.0. The summed E-state index contributed by atoms with van der Waals surface area (Å²) in [4.78, 5) is 0.0370. The Hall–Kier alpha value is -2.71. The third-order valence-electron chi connectivity index (χ3n) is 5.22. The molecule has 0 amide bonds. The largest absolute Gasteiger partial charge is 0.384 e. The van der Waals surface area contributed by atoms with Crippen molar-refractivity contribution in [1.82, 2.24) is 15.5 Å². The van der Waals surface area contributed by atoms with Crippen LogP contribution in [0.15, 0.2) is 53.7 Å². The molecule has 0 bridgehead atoms. The molecule has 4 N–H and O–H groups in total. The minimum absolute atomic E-state index is 0.0370. The predicted molar refractivity (Wildman–Crippen MR) is 124 cm³/mol. The number of aromatic nitrogens is 2. The summed E-state index contributed by atoms with van der Waals surface area (Å²) < 4.78 is 24.4. The lowest BCUT2D eigenvalue weighted by molar-refractivity contribution is 0.445. The van der Waals surface area contributed by atoms with Crippen molar-refractivity contribution in [3.05, 3.63) is 66.0 Å². The molecule has 1 aromatic heterocycles. The molecule has 2 heterocycles. The summed E-state index contributed by atoms with van der Waals surface area (Å²) in [6, 6.07) is 9.99.